The van der Waals surface area contributed by atoms with Crippen LogP contribution in [0.1, 0.15) is 50.3 Å². The fourth-order valence-electron chi connectivity index (χ4n) is 3.83. The predicted octanol–water partition coefficient (Wildman–Crippen LogP) is 4.10. The van der Waals surface area contributed by atoms with E-state index in [1.54, 1.807) is 0 Å². The van der Waals surface area contributed by atoms with E-state index >= 15 is 0 Å². The third-order valence-electron chi connectivity index (χ3n) is 5.24. The molecule has 1 amide bonds. The van der Waals surface area contributed by atoms with Gasteiger partial charge in [0, 0.05) is 24.9 Å². The van der Waals surface area contributed by atoms with Crippen molar-refractivity contribution in [2.75, 3.05) is 17.1 Å². The molecule has 168 valence electrons. The molecule has 0 saturated carbocycles. The van der Waals surface area contributed by atoms with Gasteiger partial charge in [-0.25, -0.2) is 12.8 Å². The number of halogens is 1. The highest BCUT2D eigenvalue weighted by Gasteiger charge is 2.34. The van der Waals surface area contributed by atoms with Gasteiger partial charge in [-0.1, -0.05) is 12.1 Å². The zero-order valence-electron chi connectivity index (χ0n) is 18.3. The van der Waals surface area contributed by atoms with Crippen molar-refractivity contribution in [3.63, 3.8) is 0 Å². The highest BCUT2D eigenvalue weighted by molar-refractivity contribution is 7.92. The zero-order valence-corrected chi connectivity index (χ0v) is 19.1. The summed E-state index contributed by atoms with van der Waals surface area (Å²) < 4.78 is 44.8. The van der Waals surface area contributed by atoms with Crippen LogP contribution in [0.3, 0.4) is 0 Å². The molecule has 0 aromatic heterocycles. The summed E-state index contributed by atoms with van der Waals surface area (Å²) in [5, 5.41) is 3.07. The molecule has 3 rings (SSSR count). The molecule has 1 heterocycles. The van der Waals surface area contributed by atoms with Gasteiger partial charge in [0.1, 0.15) is 17.2 Å². The third-order valence-corrected chi connectivity index (χ3v) is 6.44. The second-order valence-electron chi connectivity index (χ2n) is 8.64. The molecule has 0 fully saturated rings. The number of aryl methyl sites for hydroxylation is 1. The average Bonchev–Trinajstić information content (AvgIpc) is 2.64. The van der Waals surface area contributed by atoms with Gasteiger partial charge in [-0.3, -0.25) is 9.10 Å². The Bertz CT molecular complexity index is 1050. The van der Waals surface area contributed by atoms with Gasteiger partial charge in [-0.15, -0.1) is 0 Å². The number of benzene rings is 2. The Morgan fingerprint density at radius 3 is 2.55 bits per heavy atom. The largest absolute Gasteiger partial charge is 0.487 e. The van der Waals surface area contributed by atoms with Crippen molar-refractivity contribution in [2.24, 2.45) is 0 Å². The number of carbonyl (C=O) groups is 1. The summed E-state index contributed by atoms with van der Waals surface area (Å²) >= 11 is 0. The first-order valence-corrected chi connectivity index (χ1v) is 12.1. The van der Waals surface area contributed by atoms with E-state index in [2.05, 4.69) is 5.32 Å². The van der Waals surface area contributed by atoms with Crippen LogP contribution in [0.4, 0.5) is 10.1 Å². The van der Waals surface area contributed by atoms with Crippen LogP contribution in [0.5, 0.6) is 5.75 Å². The highest BCUT2D eigenvalue weighted by atomic mass is 32.2. The molecule has 2 aromatic carbocycles. The van der Waals surface area contributed by atoms with Crippen LogP contribution >= 0.6 is 0 Å². The standard InChI is InChI=1S/C23H29FN2O4S/c1-16-7-12-19-20(15-23(2,3)30-21(19)14-16)25-22(27)6-5-13-26(31(4,28)29)18-10-8-17(24)9-11-18/h7-12,14,20H,5-6,13,15H2,1-4H3,(H,25,27)/t20-/m1/s1. The molecule has 0 unspecified atom stereocenters. The van der Waals surface area contributed by atoms with Crippen LogP contribution in [0.15, 0.2) is 42.5 Å². The molecular weight excluding hydrogens is 419 g/mol. The summed E-state index contributed by atoms with van der Waals surface area (Å²) in [6.45, 7) is 6.11. The molecule has 0 saturated heterocycles. The van der Waals surface area contributed by atoms with Crippen molar-refractivity contribution in [3.05, 3.63) is 59.4 Å². The van der Waals surface area contributed by atoms with E-state index in [0.29, 0.717) is 18.5 Å². The quantitative estimate of drug-likeness (QED) is 0.692. The van der Waals surface area contributed by atoms with Crippen molar-refractivity contribution >= 4 is 21.6 Å². The van der Waals surface area contributed by atoms with Gasteiger partial charge in [0.25, 0.3) is 0 Å². The molecule has 0 aliphatic carbocycles. The second-order valence-corrected chi connectivity index (χ2v) is 10.5. The minimum atomic E-state index is -3.55. The number of rotatable bonds is 7. The van der Waals surface area contributed by atoms with E-state index in [-0.39, 0.29) is 24.9 Å². The van der Waals surface area contributed by atoms with Gasteiger partial charge in [0.15, 0.2) is 0 Å². The minimum absolute atomic E-state index is 0.132. The number of sulfonamides is 1. The summed E-state index contributed by atoms with van der Waals surface area (Å²) in [5.41, 5.74) is 2.00. The molecule has 0 radical (unpaired) electrons. The molecule has 0 spiro atoms. The molecule has 0 bridgehead atoms. The maximum atomic E-state index is 13.2. The number of hydrogen-bond acceptors (Lipinski definition) is 4. The molecule has 1 aliphatic heterocycles. The van der Waals surface area contributed by atoms with Crippen LogP contribution in [0.2, 0.25) is 0 Å². The Balaban J connectivity index is 1.64. The van der Waals surface area contributed by atoms with E-state index in [4.69, 9.17) is 4.74 Å². The third kappa shape index (κ3) is 5.97. The monoisotopic (exact) mass is 448 g/mol. The van der Waals surface area contributed by atoms with Crippen LogP contribution in [0, 0.1) is 12.7 Å². The summed E-state index contributed by atoms with van der Waals surface area (Å²) in [6, 6.07) is 11.0. The lowest BCUT2D eigenvalue weighted by atomic mass is 9.89. The second kappa shape index (κ2) is 8.86. The zero-order chi connectivity index (χ0) is 22.8. The van der Waals surface area contributed by atoms with E-state index < -0.39 is 21.4 Å². The van der Waals surface area contributed by atoms with E-state index in [0.717, 1.165) is 23.1 Å². The number of carbonyl (C=O) groups excluding carboxylic acids is 1. The van der Waals surface area contributed by atoms with Crippen molar-refractivity contribution in [3.8, 4) is 5.75 Å². The number of nitrogens with zero attached hydrogens (tertiary/aromatic N) is 1. The van der Waals surface area contributed by atoms with E-state index in [1.807, 2.05) is 39.0 Å². The molecule has 31 heavy (non-hydrogen) atoms. The first-order chi connectivity index (χ1) is 14.4. The molecule has 1 atom stereocenters. The maximum Gasteiger partial charge on any atom is 0.232 e. The topological polar surface area (TPSA) is 75.7 Å². The summed E-state index contributed by atoms with van der Waals surface area (Å²) in [4.78, 5) is 12.6. The lowest BCUT2D eigenvalue weighted by Gasteiger charge is -2.38. The van der Waals surface area contributed by atoms with Crippen LogP contribution in [0.25, 0.3) is 0 Å². The van der Waals surface area contributed by atoms with Crippen molar-refractivity contribution in [2.45, 2.75) is 51.7 Å². The van der Waals surface area contributed by atoms with E-state index in [9.17, 15) is 17.6 Å². The number of amides is 1. The summed E-state index contributed by atoms with van der Waals surface area (Å²) in [6.07, 6.45) is 2.25. The van der Waals surface area contributed by atoms with Gasteiger partial charge in [0.05, 0.1) is 18.0 Å². The molecule has 2 aromatic rings. The number of ether oxygens (including phenoxy) is 1. The molecule has 1 N–H and O–H groups in total. The Kier molecular flexibility index (Phi) is 6.59. The first-order valence-electron chi connectivity index (χ1n) is 10.3. The Labute approximate surface area is 183 Å². The number of nitrogens with one attached hydrogen (secondary N) is 1. The van der Waals surface area contributed by atoms with E-state index in [1.165, 1.54) is 28.6 Å². The number of hydrogen-bond donors (Lipinski definition) is 1. The van der Waals surface area contributed by atoms with Crippen LogP contribution in [-0.4, -0.2) is 32.7 Å². The van der Waals surface area contributed by atoms with Crippen LogP contribution < -0.4 is 14.4 Å². The van der Waals surface area contributed by atoms with Crippen molar-refractivity contribution in [1.82, 2.24) is 5.32 Å². The van der Waals surface area contributed by atoms with Crippen molar-refractivity contribution < 1.29 is 22.3 Å². The Morgan fingerprint density at radius 2 is 1.90 bits per heavy atom. The van der Waals surface area contributed by atoms with Gasteiger partial charge in [0.2, 0.25) is 15.9 Å². The lowest BCUT2D eigenvalue weighted by Crippen LogP contribution is -2.41. The Morgan fingerprint density at radius 1 is 1.23 bits per heavy atom. The van der Waals surface area contributed by atoms with Gasteiger partial charge in [-0.2, -0.15) is 0 Å². The molecular formula is C23H29FN2O4S. The lowest BCUT2D eigenvalue weighted by molar-refractivity contribution is -0.122. The van der Waals surface area contributed by atoms with Gasteiger partial charge < -0.3 is 10.1 Å². The smallest absolute Gasteiger partial charge is 0.232 e. The molecule has 6 nitrogen and oxygen atoms in total. The number of anilines is 1. The van der Waals surface area contributed by atoms with Gasteiger partial charge in [-0.05, 0) is 63.1 Å². The SMILES string of the molecule is Cc1ccc2c(c1)OC(C)(C)C[C@H]2NC(=O)CCCN(c1ccc(F)cc1)S(C)(=O)=O. The first kappa shape index (κ1) is 23.1. The molecule has 1 aliphatic rings. The summed E-state index contributed by atoms with van der Waals surface area (Å²) in [5.74, 6) is 0.189. The average molecular weight is 449 g/mol. The normalized spacial score (nSPS) is 17.4. The summed E-state index contributed by atoms with van der Waals surface area (Å²) in [7, 11) is -3.55. The predicted molar refractivity (Wildman–Crippen MR) is 119 cm³/mol. The fraction of sp³-hybridized carbons (Fsp3) is 0.435. The Hall–Kier alpha value is -2.61. The minimum Gasteiger partial charge on any atom is -0.487 e. The van der Waals surface area contributed by atoms with Gasteiger partial charge >= 0.3 is 0 Å². The fourth-order valence-corrected chi connectivity index (χ4v) is 4.80. The highest BCUT2D eigenvalue weighted by Crippen LogP contribution is 2.39. The van der Waals surface area contributed by atoms with Crippen LogP contribution in [-0.2, 0) is 14.8 Å². The molecule has 8 heteroatoms. The number of fused-ring (bicyclic) bond motifs is 1. The maximum absolute atomic E-state index is 13.2. The van der Waals surface area contributed by atoms with Crippen molar-refractivity contribution in [1.29, 1.82) is 0 Å².